The van der Waals surface area contributed by atoms with Gasteiger partial charge in [-0.3, -0.25) is 14.9 Å². The van der Waals surface area contributed by atoms with E-state index < -0.39 is 17.8 Å². The SMILES string of the molecule is COc1cc(/C=C2\C(=O)NC(=O)N(c3ccc(C)cc3)C2=O)cc(I)c1OCc1ccc(C)cc1. The highest BCUT2D eigenvalue weighted by Gasteiger charge is 2.36. The number of ether oxygens (including phenoxy) is 2. The second-order valence-corrected chi connectivity index (χ2v) is 9.26. The van der Waals surface area contributed by atoms with Crippen LogP contribution in [0.5, 0.6) is 11.5 Å². The number of benzene rings is 3. The van der Waals surface area contributed by atoms with E-state index in [1.165, 1.54) is 18.7 Å². The van der Waals surface area contributed by atoms with Gasteiger partial charge < -0.3 is 9.47 Å². The van der Waals surface area contributed by atoms with Gasteiger partial charge in [-0.25, -0.2) is 9.69 Å². The van der Waals surface area contributed by atoms with E-state index in [0.717, 1.165) is 19.6 Å². The van der Waals surface area contributed by atoms with Crippen molar-refractivity contribution in [3.05, 3.63) is 92.1 Å². The first-order chi connectivity index (χ1) is 16.8. The van der Waals surface area contributed by atoms with Crippen molar-refractivity contribution in [2.45, 2.75) is 20.5 Å². The van der Waals surface area contributed by atoms with Crippen molar-refractivity contribution in [2.75, 3.05) is 12.0 Å². The van der Waals surface area contributed by atoms with Crippen LogP contribution in [0.1, 0.15) is 22.3 Å². The van der Waals surface area contributed by atoms with Crippen molar-refractivity contribution in [1.82, 2.24) is 5.32 Å². The number of nitrogens with one attached hydrogen (secondary N) is 1. The molecule has 1 aliphatic heterocycles. The van der Waals surface area contributed by atoms with Gasteiger partial charge in [0.1, 0.15) is 12.2 Å². The molecule has 0 bridgehead atoms. The van der Waals surface area contributed by atoms with Gasteiger partial charge in [0.25, 0.3) is 11.8 Å². The minimum atomic E-state index is -0.784. The summed E-state index contributed by atoms with van der Waals surface area (Å²) in [6.45, 7) is 4.29. The Kier molecular flexibility index (Phi) is 7.20. The molecule has 0 atom stereocenters. The van der Waals surface area contributed by atoms with Gasteiger partial charge in [-0.15, -0.1) is 0 Å². The molecule has 1 heterocycles. The molecule has 1 fully saturated rings. The van der Waals surface area contributed by atoms with Crippen molar-refractivity contribution in [3.8, 4) is 11.5 Å². The van der Waals surface area contributed by atoms with Crippen molar-refractivity contribution in [2.24, 2.45) is 0 Å². The van der Waals surface area contributed by atoms with Crippen molar-refractivity contribution < 1.29 is 23.9 Å². The van der Waals surface area contributed by atoms with Crippen LogP contribution in [0, 0.1) is 17.4 Å². The molecule has 1 saturated heterocycles. The van der Waals surface area contributed by atoms with Crippen LogP contribution in [-0.4, -0.2) is 25.0 Å². The maximum Gasteiger partial charge on any atom is 0.335 e. The number of carbonyl (C=O) groups excluding carboxylic acids is 3. The van der Waals surface area contributed by atoms with E-state index in [1.807, 2.05) is 38.1 Å². The Morgan fingerprint density at radius 2 is 1.57 bits per heavy atom. The number of amides is 4. The second kappa shape index (κ2) is 10.3. The zero-order chi connectivity index (χ0) is 25.1. The van der Waals surface area contributed by atoms with Crippen LogP contribution in [0.25, 0.3) is 6.08 Å². The summed E-state index contributed by atoms with van der Waals surface area (Å²) >= 11 is 2.12. The molecular weight excluding hydrogens is 559 g/mol. The van der Waals surface area contributed by atoms with Gasteiger partial charge >= 0.3 is 6.03 Å². The Hall–Kier alpha value is -3.66. The number of anilines is 1. The standard InChI is InChI=1S/C27H23IN2O5/c1-16-4-8-18(9-5-16)15-35-24-22(28)13-19(14-23(24)34-3)12-21-25(31)29-27(33)30(26(21)32)20-10-6-17(2)7-11-20/h4-14H,15H2,1-3H3,(H,29,31,33)/b21-12+. The monoisotopic (exact) mass is 582 g/mol. The molecule has 0 unspecified atom stereocenters. The molecule has 3 aromatic carbocycles. The number of barbiturate groups is 1. The first-order valence-corrected chi connectivity index (χ1v) is 11.9. The molecule has 4 rings (SSSR count). The number of carbonyl (C=O) groups is 3. The fourth-order valence-electron chi connectivity index (χ4n) is 3.56. The Balaban J connectivity index is 1.63. The normalized spacial score (nSPS) is 14.8. The Morgan fingerprint density at radius 1 is 0.943 bits per heavy atom. The second-order valence-electron chi connectivity index (χ2n) is 8.10. The Labute approximate surface area is 216 Å². The van der Waals surface area contributed by atoms with Crippen molar-refractivity contribution in [1.29, 1.82) is 0 Å². The summed E-state index contributed by atoms with van der Waals surface area (Å²) in [6.07, 6.45) is 1.44. The maximum atomic E-state index is 13.1. The van der Waals surface area contributed by atoms with E-state index in [4.69, 9.17) is 9.47 Å². The van der Waals surface area contributed by atoms with E-state index in [1.54, 1.807) is 36.4 Å². The number of nitrogens with zero attached hydrogens (tertiary/aromatic N) is 1. The van der Waals surface area contributed by atoms with Gasteiger partial charge in [-0.2, -0.15) is 0 Å². The van der Waals surface area contributed by atoms with Gasteiger partial charge in [0, 0.05) is 0 Å². The van der Waals surface area contributed by atoms with E-state index in [2.05, 4.69) is 27.9 Å². The van der Waals surface area contributed by atoms with Crippen LogP contribution in [0.4, 0.5) is 10.5 Å². The van der Waals surface area contributed by atoms with Crippen LogP contribution < -0.4 is 19.7 Å². The van der Waals surface area contributed by atoms with Crippen LogP contribution in [0.15, 0.2) is 66.2 Å². The lowest BCUT2D eigenvalue weighted by atomic mass is 10.1. The molecule has 4 amide bonds. The van der Waals surface area contributed by atoms with E-state index in [-0.39, 0.29) is 5.57 Å². The molecule has 0 aliphatic carbocycles. The van der Waals surface area contributed by atoms with Crippen LogP contribution in [0.2, 0.25) is 0 Å². The third-order valence-corrected chi connectivity index (χ3v) is 6.26. The van der Waals surface area contributed by atoms with Gasteiger partial charge in [-0.1, -0.05) is 47.5 Å². The molecule has 1 N–H and O–H groups in total. The first kappa shape index (κ1) is 24.5. The maximum absolute atomic E-state index is 13.1. The van der Waals surface area contributed by atoms with Crippen molar-refractivity contribution >= 4 is 52.2 Å². The predicted molar refractivity (Wildman–Crippen MR) is 141 cm³/mol. The molecule has 3 aromatic rings. The topological polar surface area (TPSA) is 84.9 Å². The molecule has 8 heteroatoms. The number of urea groups is 1. The molecule has 0 radical (unpaired) electrons. The number of hydrogen-bond donors (Lipinski definition) is 1. The molecule has 35 heavy (non-hydrogen) atoms. The Morgan fingerprint density at radius 3 is 2.20 bits per heavy atom. The molecular formula is C27H23IN2O5. The molecule has 178 valence electrons. The largest absolute Gasteiger partial charge is 0.493 e. The number of rotatable bonds is 6. The van der Waals surface area contributed by atoms with Gasteiger partial charge in [0.05, 0.1) is 16.4 Å². The number of imide groups is 2. The number of aryl methyl sites for hydroxylation is 2. The summed E-state index contributed by atoms with van der Waals surface area (Å²) in [5.41, 5.74) is 3.95. The quantitative estimate of drug-likeness (QED) is 0.247. The summed E-state index contributed by atoms with van der Waals surface area (Å²) < 4.78 is 12.3. The average Bonchev–Trinajstić information content (AvgIpc) is 2.83. The smallest absolute Gasteiger partial charge is 0.335 e. The number of hydrogen-bond acceptors (Lipinski definition) is 5. The minimum absolute atomic E-state index is 0.156. The fourth-order valence-corrected chi connectivity index (χ4v) is 4.34. The Bertz CT molecular complexity index is 1330. The van der Waals surface area contributed by atoms with E-state index >= 15 is 0 Å². The van der Waals surface area contributed by atoms with E-state index in [0.29, 0.717) is 29.4 Å². The van der Waals surface area contributed by atoms with Crippen LogP contribution >= 0.6 is 22.6 Å². The lowest BCUT2D eigenvalue weighted by molar-refractivity contribution is -0.122. The summed E-state index contributed by atoms with van der Waals surface area (Å²) in [5.74, 6) is -0.425. The molecule has 0 spiro atoms. The minimum Gasteiger partial charge on any atom is -0.493 e. The number of halogens is 1. The average molecular weight is 582 g/mol. The first-order valence-electron chi connectivity index (χ1n) is 10.8. The van der Waals surface area contributed by atoms with Crippen LogP contribution in [-0.2, 0) is 16.2 Å². The highest BCUT2D eigenvalue weighted by molar-refractivity contribution is 14.1. The van der Waals surface area contributed by atoms with Gasteiger partial charge in [0.2, 0.25) is 0 Å². The zero-order valence-corrected chi connectivity index (χ0v) is 21.6. The summed E-state index contributed by atoms with van der Waals surface area (Å²) in [7, 11) is 1.53. The predicted octanol–water partition coefficient (Wildman–Crippen LogP) is 5.16. The molecule has 0 aromatic heterocycles. The van der Waals surface area contributed by atoms with Crippen molar-refractivity contribution in [3.63, 3.8) is 0 Å². The molecule has 7 nitrogen and oxygen atoms in total. The van der Waals surface area contributed by atoms with Crippen LogP contribution in [0.3, 0.4) is 0 Å². The van der Waals surface area contributed by atoms with Gasteiger partial charge in [0.15, 0.2) is 11.5 Å². The zero-order valence-electron chi connectivity index (χ0n) is 19.4. The highest BCUT2D eigenvalue weighted by atomic mass is 127. The number of methoxy groups -OCH3 is 1. The van der Waals surface area contributed by atoms with E-state index in [9.17, 15) is 14.4 Å². The highest BCUT2D eigenvalue weighted by Crippen LogP contribution is 2.35. The summed E-state index contributed by atoms with van der Waals surface area (Å²) in [6, 6.07) is 17.6. The summed E-state index contributed by atoms with van der Waals surface area (Å²) in [4.78, 5) is 39.0. The lowest BCUT2D eigenvalue weighted by Crippen LogP contribution is -2.54. The fraction of sp³-hybridized carbons (Fsp3) is 0.148. The molecule has 0 saturated carbocycles. The summed E-state index contributed by atoms with van der Waals surface area (Å²) in [5, 5.41) is 2.24. The molecule has 1 aliphatic rings. The van der Waals surface area contributed by atoms with Gasteiger partial charge in [-0.05, 0) is 77.9 Å². The third kappa shape index (κ3) is 5.37. The third-order valence-electron chi connectivity index (χ3n) is 5.46. The lowest BCUT2D eigenvalue weighted by Gasteiger charge is -2.26.